The number of aldehydes is 1. The minimum atomic E-state index is 0.618. The van der Waals surface area contributed by atoms with Crippen LogP contribution in [0.25, 0.3) is 10.9 Å². The largest absolute Gasteiger partial charge is 0.355 e. The van der Waals surface area contributed by atoms with Gasteiger partial charge < -0.3 is 4.90 Å². The number of para-hydroxylation sites is 1. The van der Waals surface area contributed by atoms with Crippen LogP contribution in [0.5, 0.6) is 0 Å². The van der Waals surface area contributed by atoms with Crippen molar-refractivity contribution < 1.29 is 4.79 Å². The summed E-state index contributed by atoms with van der Waals surface area (Å²) < 4.78 is 0. The van der Waals surface area contributed by atoms with Gasteiger partial charge in [0.05, 0.1) is 11.1 Å². The van der Waals surface area contributed by atoms with Gasteiger partial charge in [0, 0.05) is 19.0 Å². The van der Waals surface area contributed by atoms with Gasteiger partial charge in [-0.3, -0.25) is 4.79 Å². The molecule has 3 nitrogen and oxygen atoms in total. The zero-order chi connectivity index (χ0) is 14.7. The maximum absolute atomic E-state index is 11.4. The lowest BCUT2D eigenvalue weighted by Crippen LogP contribution is -2.19. The van der Waals surface area contributed by atoms with Gasteiger partial charge in [-0.15, -0.1) is 0 Å². The van der Waals surface area contributed by atoms with Gasteiger partial charge in [0.2, 0.25) is 0 Å². The lowest BCUT2D eigenvalue weighted by molar-refractivity contribution is 0.112. The molecule has 1 heterocycles. The molecule has 3 aromatic rings. The standard InChI is InChI=1S/C18H16N2O/c1-20(12-14-7-3-2-4-8-14)18-16(13-21)11-15-9-5-6-10-17(15)19-18/h2-11,13H,12H2,1H3. The number of rotatable bonds is 4. The van der Waals surface area contributed by atoms with Crippen molar-refractivity contribution in [2.24, 2.45) is 0 Å². The Labute approximate surface area is 123 Å². The Bertz CT molecular complexity index is 769. The topological polar surface area (TPSA) is 33.2 Å². The van der Waals surface area contributed by atoms with Crippen LogP contribution >= 0.6 is 0 Å². The van der Waals surface area contributed by atoms with Crippen LogP contribution in [0.15, 0.2) is 60.7 Å². The first-order chi connectivity index (χ1) is 10.3. The van der Waals surface area contributed by atoms with E-state index >= 15 is 0 Å². The van der Waals surface area contributed by atoms with Crippen LogP contribution in [0.4, 0.5) is 5.82 Å². The molecule has 0 fully saturated rings. The lowest BCUT2D eigenvalue weighted by atomic mass is 10.1. The fraction of sp³-hybridized carbons (Fsp3) is 0.111. The second-order valence-corrected chi connectivity index (χ2v) is 5.05. The molecule has 0 aliphatic carbocycles. The average Bonchev–Trinajstić information content (AvgIpc) is 2.54. The molecule has 2 aromatic carbocycles. The lowest BCUT2D eigenvalue weighted by Gasteiger charge is -2.20. The van der Waals surface area contributed by atoms with Crippen molar-refractivity contribution in [1.29, 1.82) is 0 Å². The molecular formula is C18H16N2O. The van der Waals surface area contributed by atoms with Gasteiger partial charge in [-0.1, -0.05) is 48.5 Å². The highest BCUT2D eigenvalue weighted by atomic mass is 16.1. The first-order valence-corrected chi connectivity index (χ1v) is 6.88. The number of benzene rings is 2. The number of fused-ring (bicyclic) bond motifs is 1. The monoisotopic (exact) mass is 276 g/mol. The van der Waals surface area contributed by atoms with E-state index in [-0.39, 0.29) is 0 Å². The molecular weight excluding hydrogens is 260 g/mol. The molecule has 0 N–H and O–H groups in total. The zero-order valence-corrected chi connectivity index (χ0v) is 11.9. The van der Waals surface area contributed by atoms with E-state index < -0.39 is 0 Å². The molecule has 0 saturated heterocycles. The number of carbonyl (C=O) groups excluding carboxylic acids is 1. The van der Waals surface area contributed by atoms with Crippen LogP contribution in [-0.2, 0) is 6.54 Å². The molecule has 0 radical (unpaired) electrons. The molecule has 0 spiro atoms. The van der Waals surface area contributed by atoms with E-state index in [0.717, 1.165) is 17.2 Å². The SMILES string of the molecule is CN(Cc1ccccc1)c1nc2ccccc2cc1C=O. The van der Waals surface area contributed by atoms with Crippen molar-refractivity contribution in [2.45, 2.75) is 6.54 Å². The van der Waals surface area contributed by atoms with E-state index in [4.69, 9.17) is 0 Å². The first-order valence-electron chi connectivity index (χ1n) is 6.88. The fourth-order valence-electron chi connectivity index (χ4n) is 2.45. The molecule has 0 aliphatic heterocycles. The fourth-order valence-corrected chi connectivity index (χ4v) is 2.45. The molecule has 0 saturated carbocycles. The Morgan fingerprint density at radius 2 is 1.76 bits per heavy atom. The molecule has 1 aromatic heterocycles. The summed E-state index contributed by atoms with van der Waals surface area (Å²) in [6.07, 6.45) is 0.871. The first kappa shape index (κ1) is 13.3. The highest BCUT2D eigenvalue weighted by Gasteiger charge is 2.11. The second kappa shape index (κ2) is 5.75. The Kier molecular flexibility index (Phi) is 3.65. The molecule has 0 unspecified atom stereocenters. The number of aromatic nitrogens is 1. The minimum Gasteiger partial charge on any atom is -0.355 e. The van der Waals surface area contributed by atoms with Gasteiger partial charge in [-0.05, 0) is 17.7 Å². The Morgan fingerprint density at radius 3 is 2.52 bits per heavy atom. The molecule has 3 rings (SSSR count). The Hall–Kier alpha value is -2.68. The van der Waals surface area contributed by atoms with Crippen molar-refractivity contribution in [3.8, 4) is 0 Å². The predicted octanol–water partition coefficient (Wildman–Crippen LogP) is 3.68. The third-order valence-electron chi connectivity index (χ3n) is 3.48. The predicted molar refractivity (Wildman–Crippen MR) is 85.7 cm³/mol. The van der Waals surface area contributed by atoms with Crippen LogP contribution in [0.1, 0.15) is 15.9 Å². The molecule has 3 heteroatoms. The molecule has 0 aliphatic rings. The van der Waals surface area contributed by atoms with E-state index in [1.165, 1.54) is 5.56 Å². The van der Waals surface area contributed by atoms with Crippen molar-refractivity contribution in [2.75, 3.05) is 11.9 Å². The summed E-state index contributed by atoms with van der Waals surface area (Å²) in [4.78, 5) is 18.0. The van der Waals surface area contributed by atoms with Crippen LogP contribution in [0.2, 0.25) is 0 Å². The van der Waals surface area contributed by atoms with Gasteiger partial charge in [-0.25, -0.2) is 4.98 Å². The second-order valence-electron chi connectivity index (χ2n) is 5.05. The highest BCUT2D eigenvalue weighted by molar-refractivity contribution is 5.91. The van der Waals surface area contributed by atoms with E-state index in [0.29, 0.717) is 17.9 Å². The van der Waals surface area contributed by atoms with E-state index in [2.05, 4.69) is 17.1 Å². The number of hydrogen-bond acceptors (Lipinski definition) is 3. The van der Waals surface area contributed by atoms with Crippen molar-refractivity contribution in [3.05, 3.63) is 71.8 Å². The molecule has 104 valence electrons. The quantitative estimate of drug-likeness (QED) is 0.681. The normalized spacial score (nSPS) is 10.5. The van der Waals surface area contributed by atoms with E-state index in [9.17, 15) is 4.79 Å². The average molecular weight is 276 g/mol. The zero-order valence-electron chi connectivity index (χ0n) is 11.9. The maximum atomic E-state index is 11.4. The number of carbonyl (C=O) groups is 1. The van der Waals surface area contributed by atoms with Gasteiger partial charge >= 0.3 is 0 Å². The maximum Gasteiger partial charge on any atom is 0.153 e. The Balaban J connectivity index is 2.00. The third-order valence-corrected chi connectivity index (χ3v) is 3.48. The van der Waals surface area contributed by atoms with Gasteiger partial charge in [-0.2, -0.15) is 0 Å². The minimum absolute atomic E-state index is 0.618. The number of hydrogen-bond donors (Lipinski definition) is 0. The van der Waals surface area contributed by atoms with Crippen molar-refractivity contribution in [1.82, 2.24) is 4.98 Å². The summed E-state index contributed by atoms with van der Waals surface area (Å²) in [5.41, 5.74) is 2.71. The number of anilines is 1. The summed E-state index contributed by atoms with van der Waals surface area (Å²) in [6.45, 7) is 0.715. The van der Waals surface area contributed by atoms with Gasteiger partial charge in [0.15, 0.2) is 6.29 Å². The van der Waals surface area contributed by atoms with Crippen LogP contribution < -0.4 is 4.90 Å². The molecule has 0 bridgehead atoms. The number of nitrogens with zero attached hydrogens (tertiary/aromatic N) is 2. The molecule has 21 heavy (non-hydrogen) atoms. The van der Waals surface area contributed by atoms with Crippen molar-refractivity contribution >= 4 is 23.0 Å². The molecule has 0 atom stereocenters. The highest BCUT2D eigenvalue weighted by Crippen LogP contribution is 2.22. The molecule has 0 amide bonds. The third kappa shape index (κ3) is 2.77. The summed E-state index contributed by atoms with van der Waals surface area (Å²) in [5.74, 6) is 0.715. The Morgan fingerprint density at radius 1 is 1.05 bits per heavy atom. The summed E-state index contributed by atoms with van der Waals surface area (Å²) in [6, 6.07) is 19.9. The number of pyridine rings is 1. The van der Waals surface area contributed by atoms with Gasteiger partial charge in [0.25, 0.3) is 0 Å². The van der Waals surface area contributed by atoms with E-state index in [1.54, 1.807) is 0 Å². The van der Waals surface area contributed by atoms with Crippen LogP contribution in [0.3, 0.4) is 0 Å². The smallest absolute Gasteiger partial charge is 0.153 e. The van der Waals surface area contributed by atoms with E-state index in [1.807, 2.05) is 60.5 Å². The summed E-state index contributed by atoms with van der Waals surface area (Å²) in [5, 5.41) is 0.983. The summed E-state index contributed by atoms with van der Waals surface area (Å²) in [7, 11) is 1.96. The summed E-state index contributed by atoms with van der Waals surface area (Å²) >= 11 is 0. The van der Waals surface area contributed by atoms with Gasteiger partial charge in [0.1, 0.15) is 5.82 Å². The van der Waals surface area contributed by atoms with Crippen molar-refractivity contribution in [3.63, 3.8) is 0 Å². The van der Waals surface area contributed by atoms with Crippen LogP contribution in [0, 0.1) is 0 Å². The van der Waals surface area contributed by atoms with Crippen LogP contribution in [-0.4, -0.2) is 18.3 Å².